The summed E-state index contributed by atoms with van der Waals surface area (Å²) in [6.07, 6.45) is -1.23. The van der Waals surface area contributed by atoms with Crippen LogP contribution in [0.1, 0.15) is 6.92 Å². The Morgan fingerprint density at radius 3 is 1.86 bits per heavy atom. The molecular weight excluding hydrogens is 199 g/mol. The van der Waals surface area contributed by atoms with E-state index in [2.05, 4.69) is 0 Å². The molecule has 1 unspecified atom stereocenters. The van der Waals surface area contributed by atoms with E-state index in [0.29, 0.717) is 0 Å². The van der Waals surface area contributed by atoms with Gasteiger partial charge in [0.1, 0.15) is 6.10 Å². The normalized spacial score (nSPS) is 11.7. The van der Waals surface area contributed by atoms with Gasteiger partial charge in [0.2, 0.25) is 0 Å². The second-order valence-electron chi connectivity index (χ2n) is 1.01. The molecule has 4 heteroatoms. The quantitative estimate of drug-likeness (QED) is 0.581. The van der Waals surface area contributed by atoms with Gasteiger partial charge in [-0.2, -0.15) is 0 Å². The number of carboxylic acids is 1. The summed E-state index contributed by atoms with van der Waals surface area (Å²) in [5.41, 5.74) is 0. The molecule has 3 nitrogen and oxygen atoms in total. The minimum absolute atomic E-state index is 0. The molecule has 0 aliphatic carbocycles. The van der Waals surface area contributed by atoms with Crippen LogP contribution in [0, 0.1) is 0 Å². The minimum Gasteiger partial charge on any atom is -0.479 e. The Morgan fingerprint density at radius 1 is 1.71 bits per heavy atom. The fourth-order valence-corrected chi connectivity index (χ4v) is 0. The number of aliphatic hydroxyl groups is 1. The zero-order chi connectivity index (χ0) is 5.15. The molecule has 0 amide bonds. The molecule has 0 aromatic rings. The van der Waals surface area contributed by atoms with E-state index in [1.807, 2.05) is 0 Å². The molecule has 7 heavy (non-hydrogen) atoms. The summed E-state index contributed by atoms with van der Waals surface area (Å²) in [6.45, 7) is 1.20. The average Bonchev–Trinajstić information content (AvgIpc) is 1.36. The Hall–Kier alpha value is 0.300. The molecule has 1 atom stereocenters. The third kappa shape index (κ3) is 6.30. The smallest absolute Gasteiger partial charge is 0.332 e. The van der Waals surface area contributed by atoms with Gasteiger partial charge in [0.15, 0.2) is 0 Å². The van der Waals surface area contributed by atoms with Crippen LogP contribution in [-0.2, 0) is 4.79 Å². The van der Waals surface area contributed by atoms with Gasteiger partial charge in [-0.25, -0.2) is 4.79 Å². The third-order valence-corrected chi connectivity index (χ3v) is 0.357. The summed E-state index contributed by atoms with van der Waals surface area (Å²) in [5, 5.41) is 15.8. The zero-order valence-corrected chi connectivity index (χ0v) is 7.25. The first-order valence-corrected chi connectivity index (χ1v) is 1.55. The van der Waals surface area contributed by atoms with Crippen LogP contribution in [-0.4, -0.2) is 48.1 Å². The Morgan fingerprint density at radius 2 is 1.86 bits per heavy atom. The second-order valence-corrected chi connectivity index (χ2v) is 1.01. The van der Waals surface area contributed by atoms with Crippen molar-refractivity contribution in [2.45, 2.75) is 13.0 Å². The molecule has 0 saturated heterocycles. The summed E-state index contributed by atoms with van der Waals surface area (Å²) in [4.78, 5) is 9.45. The topological polar surface area (TPSA) is 57.5 Å². The first-order chi connectivity index (χ1) is 2.64. The molecule has 0 spiro atoms. The monoisotopic (exact) mass is 205 g/mol. The van der Waals surface area contributed by atoms with Crippen LogP contribution >= 0.6 is 0 Å². The molecule has 0 aliphatic heterocycles. The zero-order valence-electron chi connectivity index (χ0n) is 3.96. The third-order valence-electron chi connectivity index (χ3n) is 0.357. The Labute approximate surface area is 60.1 Å². The molecule has 3 radical (unpaired) electrons. The van der Waals surface area contributed by atoms with Gasteiger partial charge >= 0.3 is 5.97 Å². The maximum absolute atomic E-state index is 9.45. The molecular formula is C3H6InO3. The van der Waals surface area contributed by atoms with Crippen molar-refractivity contribution in [3.8, 4) is 0 Å². The van der Waals surface area contributed by atoms with E-state index in [9.17, 15) is 4.79 Å². The van der Waals surface area contributed by atoms with Gasteiger partial charge in [-0.1, -0.05) is 0 Å². The number of carbonyl (C=O) groups is 1. The molecule has 0 bridgehead atoms. The predicted octanol–water partition coefficient (Wildman–Crippen LogP) is -0.929. The molecule has 2 N–H and O–H groups in total. The predicted molar refractivity (Wildman–Crippen MR) is 25.1 cm³/mol. The molecule has 0 rings (SSSR count). The van der Waals surface area contributed by atoms with Gasteiger partial charge in [-0.05, 0) is 6.92 Å². The van der Waals surface area contributed by atoms with Gasteiger partial charge in [0.25, 0.3) is 0 Å². The van der Waals surface area contributed by atoms with Crippen LogP contribution in [0.2, 0.25) is 0 Å². The van der Waals surface area contributed by atoms with Crippen LogP contribution in [0.5, 0.6) is 0 Å². The van der Waals surface area contributed by atoms with Gasteiger partial charge in [-0.3, -0.25) is 0 Å². The Balaban J connectivity index is 0. The number of hydrogen-bond donors (Lipinski definition) is 2. The van der Waals surface area contributed by atoms with Crippen molar-refractivity contribution in [2.24, 2.45) is 0 Å². The van der Waals surface area contributed by atoms with E-state index in [1.165, 1.54) is 6.92 Å². The Bertz CT molecular complexity index is 61.2. The largest absolute Gasteiger partial charge is 0.479 e. The molecule has 0 fully saturated rings. The fourth-order valence-electron chi connectivity index (χ4n) is 0. The summed E-state index contributed by atoms with van der Waals surface area (Å²) in [6, 6.07) is 0. The number of aliphatic carboxylic acids is 1. The van der Waals surface area contributed by atoms with Crippen molar-refractivity contribution in [2.75, 3.05) is 0 Å². The summed E-state index contributed by atoms with van der Waals surface area (Å²) < 4.78 is 0. The number of rotatable bonds is 1. The first kappa shape index (κ1) is 10.3. The van der Waals surface area contributed by atoms with Crippen LogP contribution in [0.25, 0.3) is 0 Å². The number of carboxylic acid groups (broad SMARTS) is 1. The maximum atomic E-state index is 9.45. The fraction of sp³-hybridized carbons (Fsp3) is 0.667. The van der Waals surface area contributed by atoms with E-state index >= 15 is 0 Å². The second kappa shape index (κ2) is 4.46. The van der Waals surface area contributed by atoms with E-state index in [0.717, 1.165) is 0 Å². The average molecular weight is 205 g/mol. The maximum Gasteiger partial charge on any atom is 0.332 e. The molecule has 0 saturated carbocycles. The van der Waals surface area contributed by atoms with Crippen molar-refractivity contribution in [1.82, 2.24) is 0 Å². The standard InChI is InChI=1S/C3H6O3.In/c1-2(4)3(5)6;/h2,4H,1H3,(H,5,6);. The SMILES string of the molecule is CC(O)C(=O)O.[In]. The van der Waals surface area contributed by atoms with E-state index in [4.69, 9.17) is 10.2 Å². The van der Waals surface area contributed by atoms with Gasteiger partial charge in [0.05, 0.1) is 0 Å². The van der Waals surface area contributed by atoms with Gasteiger partial charge in [0, 0.05) is 25.8 Å². The van der Waals surface area contributed by atoms with Crippen molar-refractivity contribution in [1.29, 1.82) is 0 Å². The van der Waals surface area contributed by atoms with Crippen molar-refractivity contribution < 1.29 is 15.0 Å². The number of hydrogen-bond acceptors (Lipinski definition) is 2. The van der Waals surface area contributed by atoms with Crippen LogP contribution in [0.3, 0.4) is 0 Å². The van der Waals surface area contributed by atoms with Gasteiger partial charge < -0.3 is 10.2 Å². The van der Waals surface area contributed by atoms with Crippen molar-refractivity contribution in [3.05, 3.63) is 0 Å². The molecule has 0 aromatic heterocycles. The van der Waals surface area contributed by atoms with Crippen LogP contribution in [0.15, 0.2) is 0 Å². The Kier molecular flexibility index (Phi) is 6.57. The number of aliphatic hydroxyl groups excluding tert-OH is 1. The van der Waals surface area contributed by atoms with E-state index in [1.54, 1.807) is 0 Å². The molecule has 0 aromatic carbocycles. The minimum atomic E-state index is -1.23. The van der Waals surface area contributed by atoms with E-state index < -0.39 is 12.1 Å². The van der Waals surface area contributed by atoms with E-state index in [-0.39, 0.29) is 25.8 Å². The van der Waals surface area contributed by atoms with Gasteiger partial charge in [-0.15, -0.1) is 0 Å². The van der Waals surface area contributed by atoms with Crippen LogP contribution < -0.4 is 0 Å². The molecule has 0 aliphatic rings. The first-order valence-electron chi connectivity index (χ1n) is 1.55. The van der Waals surface area contributed by atoms with Crippen LogP contribution in [0.4, 0.5) is 0 Å². The summed E-state index contributed by atoms with van der Waals surface area (Å²) >= 11 is 0. The molecule has 39 valence electrons. The van der Waals surface area contributed by atoms with Crippen molar-refractivity contribution >= 4 is 31.8 Å². The molecule has 0 heterocycles. The van der Waals surface area contributed by atoms with Crippen molar-refractivity contribution in [3.63, 3.8) is 0 Å². The summed E-state index contributed by atoms with van der Waals surface area (Å²) in [7, 11) is 0. The summed E-state index contributed by atoms with van der Waals surface area (Å²) in [5.74, 6) is -1.19.